The largest absolute Gasteiger partial charge is 0.378 e. The lowest BCUT2D eigenvalue weighted by Gasteiger charge is -2.48. The first-order valence-corrected chi connectivity index (χ1v) is 9.66. The minimum atomic E-state index is 0.159. The molecule has 0 N–H and O–H groups in total. The van der Waals surface area contributed by atoms with Crippen LogP contribution in [0, 0.1) is 0 Å². The van der Waals surface area contributed by atoms with Crippen molar-refractivity contribution in [1.82, 2.24) is 14.7 Å². The van der Waals surface area contributed by atoms with Gasteiger partial charge in [0, 0.05) is 45.6 Å². The van der Waals surface area contributed by atoms with Crippen LogP contribution in [0.1, 0.15) is 30.9 Å². The first-order valence-electron chi connectivity index (χ1n) is 9.66. The highest BCUT2D eigenvalue weighted by Gasteiger charge is 2.37. The van der Waals surface area contributed by atoms with Crippen LogP contribution in [0.2, 0.25) is 0 Å². The number of nitrogens with zero attached hydrogens (tertiary/aromatic N) is 3. The normalized spacial score (nSPS) is 26.8. The highest BCUT2D eigenvalue weighted by atomic mass is 16.5. The zero-order valence-electron chi connectivity index (χ0n) is 15.2. The second kappa shape index (κ2) is 7.76. The molecule has 1 aromatic carbocycles. The van der Waals surface area contributed by atoms with E-state index >= 15 is 0 Å². The van der Waals surface area contributed by atoms with Crippen molar-refractivity contribution in [2.75, 3.05) is 45.9 Å². The molecule has 0 spiro atoms. The maximum Gasteiger partial charge on any atom is 0.224 e. The van der Waals surface area contributed by atoms with Crippen molar-refractivity contribution in [3.05, 3.63) is 35.9 Å². The number of likely N-dealkylation sites (tertiary alicyclic amines) is 1. The van der Waals surface area contributed by atoms with E-state index in [-0.39, 0.29) is 23.9 Å². The molecule has 3 aliphatic rings. The van der Waals surface area contributed by atoms with Crippen LogP contribution in [0.4, 0.5) is 0 Å². The predicted octanol–water partition coefficient (Wildman–Crippen LogP) is 1.28. The molecule has 6 nitrogen and oxygen atoms in total. The quantitative estimate of drug-likeness (QED) is 0.815. The van der Waals surface area contributed by atoms with Crippen molar-refractivity contribution in [3.63, 3.8) is 0 Å². The van der Waals surface area contributed by atoms with Gasteiger partial charge in [0.2, 0.25) is 11.8 Å². The number of ether oxygens (including phenoxy) is 1. The second-order valence-corrected chi connectivity index (χ2v) is 7.43. The number of piperazine rings is 1. The van der Waals surface area contributed by atoms with Crippen LogP contribution in [0.3, 0.4) is 0 Å². The molecule has 26 heavy (non-hydrogen) atoms. The maximum absolute atomic E-state index is 12.6. The van der Waals surface area contributed by atoms with Crippen LogP contribution < -0.4 is 0 Å². The smallest absolute Gasteiger partial charge is 0.224 e. The van der Waals surface area contributed by atoms with E-state index in [1.165, 1.54) is 5.56 Å². The number of benzene rings is 1. The Bertz CT molecular complexity index is 651. The van der Waals surface area contributed by atoms with Crippen LogP contribution in [0.5, 0.6) is 0 Å². The average molecular weight is 357 g/mol. The summed E-state index contributed by atoms with van der Waals surface area (Å²) < 4.78 is 5.86. The molecule has 0 radical (unpaired) electrons. The highest BCUT2D eigenvalue weighted by Crippen LogP contribution is 2.29. The van der Waals surface area contributed by atoms with Gasteiger partial charge >= 0.3 is 0 Å². The molecule has 0 aromatic heterocycles. The molecule has 3 saturated heterocycles. The molecule has 0 unspecified atom stereocenters. The number of carbonyl (C=O) groups excluding carboxylic acids is 2. The molecule has 6 heteroatoms. The molecule has 3 fully saturated rings. The Morgan fingerprint density at radius 1 is 1.12 bits per heavy atom. The Hall–Kier alpha value is -1.92. The van der Waals surface area contributed by atoms with Gasteiger partial charge in [0.15, 0.2) is 0 Å². The van der Waals surface area contributed by atoms with Gasteiger partial charge in [-0.25, -0.2) is 0 Å². The number of amides is 2. The summed E-state index contributed by atoms with van der Waals surface area (Å²) in [4.78, 5) is 30.6. The van der Waals surface area contributed by atoms with E-state index < -0.39 is 0 Å². The van der Waals surface area contributed by atoms with Gasteiger partial charge in [0.1, 0.15) is 0 Å². The molecule has 2 atom stereocenters. The summed E-state index contributed by atoms with van der Waals surface area (Å²) in [5.41, 5.74) is 1.28. The monoisotopic (exact) mass is 357 g/mol. The Kier molecular flexibility index (Phi) is 5.22. The lowest BCUT2D eigenvalue weighted by atomic mass is 10.00. The van der Waals surface area contributed by atoms with E-state index in [2.05, 4.69) is 29.2 Å². The molecule has 2 amide bonds. The zero-order valence-corrected chi connectivity index (χ0v) is 15.2. The van der Waals surface area contributed by atoms with Gasteiger partial charge in [0.05, 0.1) is 25.3 Å². The Balaban J connectivity index is 1.34. The van der Waals surface area contributed by atoms with Crippen LogP contribution in [0.15, 0.2) is 30.3 Å². The van der Waals surface area contributed by atoms with Gasteiger partial charge in [-0.1, -0.05) is 30.3 Å². The van der Waals surface area contributed by atoms with Crippen molar-refractivity contribution >= 4 is 11.8 Å². The van der Waals surface area contributed by atoms with Crippen molar-refractivity contribution in [2.24, 2.45) is 0 Å². The lowest BCUT2D eigenvalue weighted by molar-refractivity contribution is -0.140. The van der Waals surface area contributed by atoms with Gasteiger partial charge in [0.25, 0.3) is 0 Å². The average Bonchev–Trinajstić information content (AvgIpc) is 3.10. The fourth-order valence-electron chi connectivity index (χ4n) is 4.36. The molecule has 140 valence electrons. The van der Waals surface area contributed by atoms with Crippen LogP contribution >= 0.6 is 0 Å². The summed E-state index contributed by atoms with van der Waals surface area (Å²) in [5.74, 6) is 0.347. The number of morpholine rings is 1. The SMILES string of the molecule is O=C1CCCN1CCC(=O)N1CCN2[C@@H](COC[C@@H]2c2ccccc2)C1. The van der Waals surface area contributed by atoms with Gasteiger partial charge in [-0.3, -0.25) is 14.5 Å². The second-order valence-electron chi connectivity index (χ2n) is 7.43. The molecular formula is C20H27N3O3. The minimum absolute atomic E-state index is 0.159. The molecule has 0 aliphatic carbocycles. The van der Waals surface area contributed by atoms with Gasteiger partial charge in [-0.2, -0.15) is 0 Å². The summed E-state index contributed by atoms with van der Waals surface area (Å²) in [6, 6.07) is 11.0. The van der Waals surface area contributed by atoms with Crippen LogP contribution in [-0.2, 0) is 14.3 Å². The topological polar surface area (TPSA) is 53.1 Å². The third-order valence-electron chi connectivity index (χ3n) is 5.82. The van der Waals surface area contributed by atoms with E-state index in [1.54, 1.807) is 0 Å². The molecular weight excluding hydrogens is 330 g/mol. The third kappa shape index (κ3) is 3.62. The fourth-order valence-corrected chi connectivity index (χ4v) is 4.36. The highest BCUT2D eigenvalue weighted by molar-refractivity contribution is 5.80. The number of hydrogen-bond donors (Lipinski definition) is 0. The van der Waals surface area contributed by atoms with Crippen LogP contribution in [-0.4, -0.2) is 78.5 Å². The standard InChI is InChI=1S/C20H27N3O3/c24-19-7-4-9-21(19)10-8-20(25)22-11-12-23-17(13-22)14-26-15-18(23)16-5-2-1-3-6-16/h1-3,5-6,17-18H,4,7-15H2/t17-,18-/m1/s1. The third-order valence-corrected chi connectivity index (χ3v) is 5.82. The van der Waals surface area contributed by atoms with Crippen molar-refractivity contribution in [3.8, 4) is 0 Å². The first kappa shape index (κ1) is 17.5. The van der Waals surface area contributed by atoms with E-state index in [9.17, 15) is 9.59 Å². The molecule has 3 heterocycles. The summed E-state index contributed by atoms with van der Waals surface area (Å²) in [7, 11) is 0. The lowest BCUT2D eigenvalue weighted by Crippen LogP contribution is -2.60. The summed E-state index contributed by atoms with van der Waals surface area (Å²) in [6.45, 7) is 5.11. The van der Waals surface area contributed by atoms with Gasteiger partial charge < -0.3 is 14.5 Å². The summed E-state index contributed by atoms with van der Waals surface area (Å²) in [5, 5.41) is 0. The molecule has 0 saturated carbocycles. The van der Waals surface area contributed by atoms with E-state index in [0.717, 1.165) is 32.6 Å². The molecule has 3 aliphatic heterocycles. The van der Waals surface area contributed by atoms with Gasteiger partial charge in [-0.05, 0) is 12.0 Å². The Morgan fingerprint density at radius 3 is 2.73 bits per heavy atom. The maximum atomic E-state index is 12.6. The number of hydrogen-bond acceptors (Lipinski definition) is 4. The molecule has 1 aromatic rings. The van der Waals surface area contributed by atoms with Crippen molar-refractivity contribution in [1.29, 1.82) is 0 Å². The molecule has 4 rings (SSSR count). The van der Waals surface area contributed by atoms with E-state index in [4.69, 9.17) is 4.74 Å². The van der Waals surface area contributed by atoms with Crippen LogP contribution in [0.25, 0.3) is 0 Å². The number of fused-ring (bicyclic) bond motifs is 1. The zero-order chi connectivity index (χ0) is 17.9. The predicted molar refractivity (Wildman–Crippen MR) is 97.5 cm³/mol. The summed E-state index contributed by atoms with van der Waals surface area (Å²) >= 11 is 0. The fraction of sp³-hybridized carbons (Fsp3) is 0.600. The van der Waals surface area contributed by atoms with Crippen molar-refractivity contribution < 1.29 is 14.3 Å². The van der Waals surface area contributed by atoms with E-state index in [1.807, 2.05) is 15.9 Å². The Labute approximate surface area is 154 Å². The number of carbonyl (C=O) groups is 2. The van der Waals surface area contributed by atoms with Gasteiger partial charge in [-0.15, -0.1) is 0 Å². The van der Waals surface area contributed by atoms with E-state index in [0.29, 0.717) is 32.6 Å². The number of rotatable bonds is 4. The first-order chi connectivity index (χ1) is 12.7. The Morgan fingerprint density at radius 2 is 1.96 bits per heavy atom. The van der Waals surface area contributed by atoms with Crippen molar-refractivity contribution in [2.45, 2.75) is 31.3 Å². The summed E-state index contributed by atoms with van der Waals surface area (Å²) in [6.07, 6.45) is 1.99. The molecule has 0 bridgehead atoms. The minimum Gasteiger partial charge on any atom is -0.378 e.